The Balaban J connectivity index is 1.26. The van der Waals surface area contributed by atoms with Crippen molar-refractivity contribution >= 4 is 38.1 Å². The van der Waals surface area contributed by atoms with Gasteiger partial charge in [-0.25, -0.2) is 0 Å². The van der Waals surface area contributed by atoms with Gasteiger partial charge >= 0.3 is 0 Å². The summed E-state index contributed by atoms with van der Waals surface area (Å²) >= 11 is 0. The fourth-order valence-electron chi connectivity index (χ4n) is 13.1. The van der Waals surface area contributed by atoms with Crippen molar-refractivity contribution in [3.8, 4) is 12.1 Å². The molecule has 0 radical (unpaired) electrons. The smallest absolute Gasteiger partial charge is 0.0995 e. The van der Waals surface area contributed by atoms with Crippen LogP contribution in [0.2, 0.25) is 0 Å². The topological polar surface area (TPSA) is 52.0 Å². The minimum Gasteiger partial charge on any atom is -0.308 e. The lowest BCUT2D eigenvalue weighted by atomic mass is 9.47. The monoisotopic (exact) mass is 699 g/mol. The molecule has 0 saturated heterocycles. The lowest BCUT2D eigenvalue weighted by Crippen LogP contribution is -2.48. The number of para-hydroxylation sites is 1. The van der Waals surface area contributed by atoms with E-state index in [1.54, 1.807) is 0 Å². The van der Waals surface area contributed by atoms with Gasteiger partial charge in [0.05, 0.1) is 39.8 Å². The van der Waals surface area contributed by atoms with Crippen molar-refractivity contribution in [3.63, 3.8) is 0 Å². The molecule has 0 spiro atoms. The number of aromatic nitrogens is 1. The van der Waals surface area contributed by atoms with Crippen LogP contribution in [0.5, 0.6) is 0 Å². The third-order valence-corrected chi connectivity index (χ3v) is 15.2. The highest BCUT2D eigenvalue weighted by Crippen LogP contribution is 2.67. The number of hydrogen-bond donors (Lipinski definition) is 0. The van der Waals surface area contributed by atoms with Gasteiger partial charge in [0.25, 0.3) is 0 Å². The van der Waals surface area contributed by atoms with Gasteiger partial charge in [0.1, 0.15) is 0 Å². The van der Waals surface area contributed by atoms with Crippen LogP contribution < -0.4 is 0 Å². The van der Waals surface area contributed by atoms with Crippen molar-refractivity contribution in [1.82, 2.24) is 4.40 Å². The second-order valence-corrected chi connectivity index (χ2v) is 17.1. The minimum atomic E-state index is -0.495. The van der Waals surface area contributed by atoms with Gasteiger partial charge in [-0.2, -0.15) is 10.5 Å². The summed E-state index contributed by atoms with van der Waals surface area (Å²) in [6, 6.07) is 52.2. The molecule has 9 aromatic rings. The largest absolute Gasteiger partial charge is 0.308 e. The van der Waals surface area contributed by atoms with Crippen molar-refractivity contribution in [2.24, 2.45) is 0 Å². The highest BCUT2D eigenvalue weighted by atomic mass is 14.9. The molecule has 0 saturated carbocycles. The van der Waals surface area contributed by atoms with Gasteiger partial charge in [0.2, 0.25) is 0 Å². The Bertz CT molecular complexity index is 3100. The van der Waals surface area contributed by atoms with E-state index in [4.69, 9.17) is 0 Å². The third-order valence-electron chi connectivity index (χ3n) is 15.2. The summed E-state index contributed by atoms with van der Waals surface area (Å²) < 4.78 is 2.41. The quantitative estimate of drug-likeness (QED) is 0.158. The van der Waals surface area contributed by atoms with E-state index in [1.165, 1.54) is 77.2 Å². The first-order valence-corrected chi connectivity index (χ1v) is 19.3. The van der Waals surface area contributed by atoms with Gasteiger partial charge < -0.3 is 4.40 Å². The Morgan fingerprint density at radius 2 is 0.691 bits per heavy atom. The Morgan fingerprint density at radius 3 is 0.982 bits per heavy atom. The number of fused-ring (bicyclic) bond motifs is 6. The summed E-state index contributed by atoms with van der Waals surface area (Å²) in [6.45, 7) is 9.43. The van der Waals surface area contributed by atoms with Crippen LogP contribution in [0.4, 0.5) is 0 Å². The summed E-state index contributed by atoms with van der Waals surface area (Å²) in [5.41, 5.74) is 17.8. The maximum Gasteiger partial charge on any atom is 0.0995 e. The molecule has 3 heteroatoms. The zero-order chi connectivity index (χ0) is 37.0. The van der Waals surface area contributed by atoms with Crippen LogP contribution in [-0.2, 0) is 21.7 Å². The van der Waals surface area contributed by atoms with Gasteiger partial charge in [0.15, 0.2) is 0 Å². The van der Waals surface area contributed by atoms with Crippen LogP contribution >= 0.6 is 0 Å². The van der Waals surface area contributed by atoms with Crippen LogP contribution in [-0.4, -0.2) is 4.40 Å². The molecular formula is C52H33N3. The zero-order valence-electron chi connectivity index (χ0n) is 31.0. The highest BCUT2D eigenvalue weighted by Gasteiger charge is 2.58. The summed E-state index contributed by atoms with van der Waals surface area (Å²) in [5.74, 6) is 0. The average molecular weight is 700 g/mol. The standard InChI is InChI=1S/C52H33N3/c1-49-32-16-5-9-20-36(32)51(3,37-21-10-6-17-33(37)49)46-42-30-14-13-15-31-43-41(55(48(30)31)40(42)24-28(26-53)44(46)49)25-29(27-54)45-47(43)52(4)38-22-11-7-18-34(38)50(45,2)35-19-8-12-23-39(35)52/h5-25H,1-4H3. The van der Waals surface area contributed by atoms with E-state index >= 15 is 0 Å². The molecule has 6 aliphatic rings. The molecule has 0 amide bonds. The summed E-state index contributed by atoms with van der Waals surface area (Å²) in [6.07, 6.45) is 0. The van der Waals surface area contributed by atoms with Gasteiger partial charge in [-0.05, 0) is 107 Å². The number of nitriles is 2. The lowest BCUT2D eigenvalue weighted by Gasteiger charge is -2.55. The predicted octanol–water partition coefficient (Wildman–Crippen LogP) is 11.3. The van der Waals surface area contributed by atoms with E-state index in [9.17, 15) is 10.5 Å². The molecule has 7 aromatic carbocycles. The molecule has 0 atom stereocenters. The van der Waals surface area contributed by atoms with Crippen molar-refractivity contribution in [2.45, 2.75) is 49.4 Å². The van der Waals surface area contributed by atoms with Gasteiger partial charge in [-0.3, -0.25) is 0 Å². The molecule has 15 rings (SSSR count). The van der Waals surface area contributed by atoms with E-state index in [-0.39, 0.29) is 0 Å². The maximum atomic E-state index is 11.2. The molecule has 0 fully saturated rings. The number of hydrogen-bond acceptors (Lipinski definition) is 2. The van der Waals surface area contributed by atoms with E-state index in [2.05, 4.69) is 172 Å². The van der Waals surface area contributed by atoms with Crippen molar-refractivity contribution < 1.29 is 0 Å². The molecule has 256 valence electrons. The second kappa shape index (κ2) is 8.98. The zero-order valence-corrected chi connectivity index (χ0v) is 31.0. The number of rotatable bonds is 0. The first-order chi connectivity index (χ1) is 26.7. The Morgan fingerprint density at radius 1 is 0.400 bits per heavy atom. The van der Waals surface area contributed by atoms with Crippen LogP contribution in [0.1, 0.15) is 106 Å². The third kappa shape index (κ3) is 2.77. The fraction of sp³-hybridized carbons (Fsp3) is 0.154. The fourth-order valence-corrected chi connectivity index (χ4v) is 13.1. The lowest BCUT2D eigenvalue weighted by molar-refractivity contribution is 0.514. The van der Waals surface area contributed by atoms with Gasteiger partial charge in [-0.15, -0.1) is 0 Å². The van der Waals surface area contributed by atoms with Crippen LogP contribution in [0.25, 0.3) is 38.1 Å². The Hall–Kier alpha value is -6.68. The Labute approximate surface area is 318 Å². The molecule has 4 bridgehead atoms. The van der Waals surface area contributed by atoms with E-state index < -0.39 is 21.7 Å². The summed E-state index contributed by atoms with van der Waals surface area (Å²) in [4.78, 5) is 0. The van der Waals surface area contributed by atoms with E-state index in [0.29, 0.717) is 11.1 Å². The number of benzene rings is 7. The molecule has 0 aliphatic heterocycles. The Kier molecular flexibility index (Phi) is 4.86. The van der Waals surface area contributed by atoms with Crippen LogP contribution in [0, 0.1) is 22.7 Å². The molecule has 3 nitrogen and oxygen atoms in total. The van der Waals surface area contributed by atoms with Crippen molar-refractivity contribution in [2.75, 3.05) is 0 Å². The first-order valence-electron chi connectivity index (χ1n) is 19.3. The van der Waals surface area contributed by atoms with Gasteiger partial charge in [0, 0.05) is 43.2 Å². The average Bonchev–Trinajstić information content (AvgIpc) is 3.75. The van der Waals surface area contributed by atoms with E-state index in [1.807, 2.05) is 0 Å². The molecular weight excluding hydrogens is 667 g/mol. The SMILES string of the molecule is CC12c3ccccc3C(C)(c3ccccc31)c1c2c(C#N)cc2c1c1cccc3c4c5c(c(C#N)cc4n2c13)C1(C)c2ccccc2C5(C)c2ccccc21. The molecule has 2 heterocycles. The molecule has 6 aliphatic carbocycles. The first kappa shape index (κ1) is 29.7. The predicted molar refractivity (Wildman–Crippen MR) is 219 cm³/mol. The van der Waals surface area contributed by atoms with Gasteiger partial charge in [-0.1, -0.05) is 115 Å². The van der Waals surface area contributed by atoms with E-state index in [0.717, 1.165) is 27.7 Å². The van der Waals surface area contributed by atoms with Crippen molar-refractivity contribution in [3.05, 3.63) is 205 Å². The highest BCUT2D eigenvalue weighted by molar-refractivity contribution is 6.26. The second-order valence-electron chi connectivity index (χ2n) is 17.1. The van der Waals surface area contributed by atoms with Crippen LogP contribution in [0.15, 0.2) is 127 Å². The van der Waals surface area contributed by atoms with Crippen molar-refractivity contribution in [1.29, 1.82) is 10.5 Å². The van der Waals surface area contributed by atoms with Crippen LogP contribution in [0.3, 0.4) is 0 Å². The minimum absolute atomic E-state index is 0.481. The molecule has 0 unspecified atom stereocenters. The summed E-state index contributed by atoms with van der Waals surface area (Å²) in [5, 5.41) is 27.2. The molecule has 55 heavy (non-hydrogen) atoms. The normalized spacial score (nSPS) is 24.6. The maximum absolute atomic E-state index is 11.2. The molecule has 0 N–H and O–H groups in total. The number of nitrogens with zero attached hydrogens (tertiary/aromatic N) is 3. The summed E-state index contributed by atoms with van der Waals surface area (Å²) in [7, 11) is 0. The molecule has 2 aromatic heterocycles.